The number of methoxy groups -OCH3 is 1. The van der Waals surface area contributed by atoms with Gasteiger partial charge < -0.3 is 14.7 Å². The standard InChI is InChI=1S/C23H25N3O4/c1-30-19-9-3-2-8-18(19)20-21(25-11-5-7-17(13-25)15-27)23(29)26(22(20)28)14-16-6-4-10-24-12-16/h2-4,6,8-10,12,17,27H,5,7,11,13-15H2,1H3. The van der Waals surface area contributed by atoms with Crippen LogP contribution in [0, 0.1) is 5.92 Å². The summed E-state index contributed by atoms with van der Waals surface area (Å²) in [5, 5.41) is 9.65. The summed E-state index contributed by atoms with van der Waals surface area (Å²) in [4.78, 5) is 34.3. The second-order valence-corrected chi connectivity index (χ2v) is 7.62. The van der Waals surface area contributed by atoms with Crippen LogP contribution in [-0.4, -0.2) is 58.5 Å². The van der Waals surface area contributed by atoms with Crippen LogP contribution in [0.25, 0.3) is 5.57 Å². The van der Waals surface area contributed by atoms with Crippen molar-refractivity contribution in [2.45, 2.75) is 19.4 Å². The van der Waals surface area contributed by atoms with Crippen LogP contribution in [0.2, 0.25) is 0 Å². The Balaban J connectivity index is 1.78. The molecule has 1 unspecified atom stereocenters. The highest BCUT2D eigenvalue weighted by Crippen LogP contribution is 2.38. The lowest BCUT2D eigenvalue weighted by atomic mass is 9.96. The number of amides is 2. The quantitative estimate of drug-likeness (QED) is 0.739. The second-order valence-electron chi connectivity index (χ2n) is 7.62. The first kappa shape index (κ1) is 20.1. The number of nitrogens with zero attached hydrogens (tertiary/aromatic N) is 3. The van der Waals surface area contributed by atoms with Gasteiger partial charge in [0.05, 0.1) is 19.2 Å². The van der Waals surface area contributed by atoms with Crippen molar-refractivity contribution in [2.75, 3.05) is 26.8 Å². The van der Waals surface area contributed by atoms with Gasteiger partial charge in [-0.25, -0.2) is 0 Å². The van der Waals surface area contributed by atoms with Gasteiger partial charge in [0, 0.05) is 37.7 Å². The number of pyridine rings is 1. The Morgan fingerprint density at radius 2 is 2.00 bits per heavy atom. The van der Waals surface area contributed by atoms with Gasteiger partial charge in [-0.15, -0.1) is 0 Å². The lowest BCUT2D eigenvalue weighted by Gasteiger charge is -2.34. The number of carbonyl (C=O) groups excluding carboxylic acids is 2. The first-order chi connectivity index (χ1) is 14.6. The minimum absolute atomic E-state index is 0.0648. The maximum absolute atomic E-state index is 13.5. The van der Waals surface area contributed by atoms with Crippen LogP contribution in [0.15, 0.2) is 54.5 Å². The largest absolute Gasteiger partial charge is 0.496 e. The predicted octanol–water partition coefficient (Wildman–Crippen LogP) is 2.07. The van der Waals surface area contributed by atoms with E-state index < -0.39 is 0 Å². The van der Waals surface area contributed by atoms with Crippen LogP contribution in [-0.2, 0) is 16.1 Å². The Morgan fingerprint density at radius 1 is 1.17 bits per heavy atom. The fourth-order valence-corrected chi connectivity index (χ4v) is 4.19. The molecule has 2 aliphatic heterocycles. The van der Waals surface area contributed by atoms with Crippen LogP contribution in [0.1, 0.15) is 24.0 Å². The van der Waals surface area contributed by atoms with Gasteiger partial charge in [-0.1, -0.05) is 24.3 Å². The van der Waals surface area contributed by atoms with Gasteiger partial charge in [0.15, 0.2) is 0 Å². The van der Waals surface area contributed by atoms with E-state index in [2.05, 4.69) is 4.98 Å². The van der Waals surface area contributed by atoms with Crippen molar-refractivity contribution in [1.29, 1.82) is 0 Å². The molecule has 7 heteroatoms. The van der Waals surface area contributed by atoms with E-state index in [4.69, 9.17) is 4.74 Å². The number of rotatable bonds is 6. The third-order valence-electron chi connectivity index (χ3n) is 5.68. The molecule has 1 atom stereocenters. The first-order valence-corrected chi connectivity index (χ1v) is 10.1. The number of ether oxygens (including phenoxy) is 1. The van der Waals surface area contributed by atoms with Gasteiger partial charge in [0.2, 0.25) is 0 Å². The minimum Gasteiger partial charge on any atom is -0.496 e. The van der Waals surface area contributed by atoms with E-state index in [1.54, 1.807) is 37.7 Å². The Labute approximate surface area is 175 Å². The average molecular weight is 407 g/mol. The summed E-state index contributed by atoms with van der Waals surface area (Å²) < 4.78 is 5.49. The number of piperidine rings is 1. The van der Waals surface area contributed by atoms with E-state index >= 15 is 0 Å². The lowest BCUT2D eigenvalue weighted by Crippen LogP contribution is -2.40. The molecule has 0 radical (unpaired) electrons. The molecule has 3 heterocycles. The molecule has 7 nitrogen and oxygen atoms in total. The summed E-state index contributed by atoms with van der Waals surface area (Å²) in [6, 6.07) is 10.9. The van der Waals surface area contributed by atoms with Crippen LogP contribution in [0.4, 0.5) is 0 Å². The molecule has 0 aliphatic carbocycles. The fourth-order valence-electron chi connectivity index (χ4n) is 4.19. The van der Waals surface area contributed by atoms with Crippen molar-refractivity contribution in [3.05, 3.63) is 65.6 Å². The number of aliphatic hydroxyl groups is 1. The van der Waals surface area contributed by atoms with Crippen molar-refractivity contribution in [1.82, 2.24) is 14.8 Å². The number of aliphatic hydroxyl groups excluding tert-OH is 1. The minimum atomic E-state index is -0.338. The summed E-state index contributed by atoms with van der Waals surface area (Å²) >= 11 is 0. The number of hydrogen-bond donors (Lipinski definition) is 1. The smallest absolute Gasteiger partial charge is 0.278 e. The van der Waals surface area contributed by atoms with Crippen molar-refractivity contribution in [2.24, 2.45) is 5.92 Å². The summed E-state index contributed by atoms with van der Waals surface area (Å²) in [6.07, 6.45) is 5.08. The molecular formula is C23H25N3O4. The predicted molar refractivity (Wildman–Crippen MR) is 111 cm³/mol. The molecule has 2 amide bonds. The van der Waals surface area contributed by atoms with E-state index in [0.29, 0.717) is 35.7 Å². The summed E-state index contributed by atoms with van der Waals surface area (Å²) in [5.74, 6) is -0.0247. The molecule has 1 N–H and O–H groups in total. The zero-order chi connectivity index (χ0) is 21.1. The zero-order valence-corrected chi connectivity index (χ0v) is 17.0. The van der Waals surface area contributed by atoms with Gasteiger partial charge in [0.1, 0.15) is 11.4 Å². The topological polar surface area (TPSA) is 83.0 Å². The third-order valence-corrected chi connectivity index (χ3v) is 5.68. The van der Waals surface area contributed by atoms with E-state index in [1.165, 1.54) is 4.90 Å². The van der Waals surface area contributed by atoms with E-state index in [-0.39, 0.29) is 30.9 Å². The van der Waals surface area contributed by atoms with Crippen molar-refractivity contribution in [3.63, 3.8) is 0 Å². The molecule has 0 saturated carbocycles. The number of hydrogen-bond acceptors (Lipinski definition) is 6. The number of para-hydroxylation sites is 1. The Hall–Kier alpha value is -3.19. The molecule has 0 spiro atoms. The number of aromatic nitrogens is 1. The van der Waals surface area contributed by atoms with Crippen molar-refractivity contribution in [3.8, 4) is 5.75 Å². The van der Waals surface area contributed by atoms with Crippen LogP contribution < -0.4 is 4.74 Å². The Bertz CT molecular complexity index is 973. The molecule has 4 rings (SSSR count). The molecule has 30 heavy (non-hydrogen) atoms. The first-order valence-electron chi connectivity index (χ1n) is 10.1. The van der Waals surface area contributed by atoms with E-state index in [0.717, 1.165) is 18.4 Å². The zero-order valence-electron chi connectivity index (χ0n) is 17.0. The molecular weight excluding hydrogens is 382 g/mol. The molecule has 1 aromatic carbocycles. The van der Waals surface area contributed by atoms with Crippen LogP contribution in [0.3, 0.4) is 0 Å². The molecule has 0 bridgehead atoms. The van der Waals surface area contributed by atoms with Gasteiger partial charge in [-0.2, -0.15) is 0 Å². The number of carbonyl (C=O) groups is 2. The van der Waals surface area contributed by atoms with Crippen molar-refractivity contribution >= 4 is 17.4 Å². The molecule has 156 valence electrons. The fraction of sp³-hybridized carbons (Fsp3) is 0.348. The Kier molecular flexibility index (Phi) is 5.81. The maximum atomic E-state index is 13.5. The van der Waals surface area contributed by atoms with Gasteiger partial charge in [0.25, 0.3) is 11.8 Å². The third kappa shape index (κ3) is 3.68. The monoisotopic (exact) mass is 407 g/mol. The van der Waals surface area contributed by atoms with E-state index in [1.807, 2.05) is 23.1 Å². The summed E-state index contributed by atoms with van der Waals surface area (Å²) in [6.45, 7) is 1.44. The number of benzene rings is 1. The second kappa shape index (κ2) is 8.67. The highest BCUT2D eigenvalue weighted by molar-refractivity contribution is 6.35. The summed E-state index contributed by atoms with van der Waals surface area (Å²) in [7, 11) is 1.55. The normalized spacial score (nSPS) is 19.6. The molecule has 2 aliphatic rings. The van der Waals surface area contributed by atoms with Crippen LogP contribution >= 0.6 is 0 Å². The molecule has 1 saturated heterocycles. The van der Waals surface area contributed by atoms with Gasteiger partial charge in [-0.3, -0.25) is 19.5 Å². The molecule has 1 fully saturated rings. The van der Waals surface area contributed by atoms with Gasteiger partial charge in [-0.05, 0) is 36.5 Å². The number of likely N-dealkylation sites (tertiary alicyclic amines) is 1. The van der Waals surface area contributed by atoms with Gasteiger partial charge >= 0.3 is 0 Å². The highest BCUT2D eigenvalue weighted by atomic mass is 16.5. The van der Waals surface area contributed by atoms with E-state index in [9.17, 15) is 14.7 Å². The Morgan fingerprint density at radius 3 is 2.73 bits per heavy atom. The number of imide groups is 1. The average Bonchev–Trinajstić information content (AvgIpc) is 3.04. The highest BCUT2D eigenvalue weighted by Gasteiger charge is 2.43. The molecule has 2 aromatic rings. The molecule has 1 aromatic heterocycles. The van der Waals surface area contributed by atoms with Crippen molar-refractivity contribution < 1.29 is 19.4 Å². The lowest BCUT2D eigenvalue weighted by molar-refractivity contribution is -0.138. The van der Waals surface area contributed by atoms with Crippen LogP contribution in [0.5, 0.6) is 5.75 Å². The SMILES string of the molecule is COc1ccccc1C1=C(N2CCCC(CO)C2)C(=O)N(Cc2cccnc2)C1=O. The summed E-state index contributed by atoms with van der Waals surface area (Å²) in [5.41, 5.74) is 2.14. The maximum Gasteiger partial charge on any atom is 0.278 e.